The van der Waals surface area contributed by atoms with Crippen LogP contribution in [0.2, 0.25) is 0 Å². The molecule has 0 spiro atoms. The summed E-state index contributed by atoms with van der Waals surface area (Å²) in [6, 6.07) is 8.46. The summed E-state index contributed by atoms with van der Waals surface area (Å²) < 4.78 is 0. The highest BCUT2D eigenvalue weighted by atomic mass is 32.2. The molecule has 2 amide bonds. The number of carbonyl (C=O) groups excluding carboxylic acids is 2. The molecule has 1 aliphatic carbocycles. The van der Waals surface area contributed by atoms with Gasteiger partial charge in [0.15, 0.2) is 4.87 Å². The third-order valence-electron chi connectivity index (χ3n) is 5.10. The summed E-state index contributed by atoms with van der Waals surface area (Å²) >= 11 is 1.64. The Morgan fingerprint density at radius 3 is 3.09 bits per heavy atom. The van der Waals surface area contributed by atoms with Gasteiger partial charge in [-0.25, -0.2) is 0 Å². The van der Waals surface area contributed by atoms with Gasteiger partial charge in [0, 0.05) is 18.7 Å². The van der Waals surface area contributed by atoms with Crippen LogP contribution in [0.15, 0.2) is 24.3 Å². The Morgan fingerprint density at radius 1 is 1.32 bits per heavy atom. The zero-order valence-electron chi connectivity index (χ0n) is 12.5. The van der Waals surface area contributed by atoms with Crippen molar-refractivity contribution in [2.45, 2.75) is 43.0 Å². The molecule has 2 aliphatic heterocycles. The van der Waals surface area contributed by atoms with Gasteiger partial charge in [-0.15, -0.1) is 11.8 Å². The van der Waals surface area contributed by atoms with Gasteiger partial charge in [0.05, 0.1) is 6.04 Å². The number of aryl methyl sites for hydroxylation is 1. The van der Waals surface area contributed by atoms with Crippen LogP contribution in [-0.4, -0.2) is 33.9 Å². The lowest BCUT2D eigenvalue weighted by Crippen LogP contribution is -2.52. The van der Waals surface area contributed by atoms with E-state index in [0.29, 0.717) is 19.4 Å². The zero-order valence-corrected chi connectivity index (χ0v) is 13.3. The first-order valence-corrected chi connectivity index (χ1v) is 9.02. The summed E-state index contributed by atoms with van der Waals surface area (Å²) in [6.45, 7) is 0.707. The fourth-order valence-corrected chi connectivity index (χ4v) is 5.38. The largest absolute Gasteiger partial charge is 0.346 e. The molecule has 2 saturated heterocycles. The topological polar surface area (TPSA) is 49.4 Å². The first kappa shape index (κ1) is 14.1. The number of amides is 2. The van der Waals surface area contributed by atoms with E-state index < -0.39 is 4.87 Å². The van der Waals surface area contributed by atoms with Gasteiger partial charge >= 0.3 is 0 Å². The smallest absolute Gasteiger partial charge is 0.257 e. The lowest BCUT2D eigenvalue weighted by Gasteiger charge is -2.33. The first-order chi connectivity index (χ1) is 10.7. The maximum Gasteiger partial charge on any atom is 0.257 e. The van der Waals surface area contributed by atoms with Crippen molar-refractivity contribution in [2.75, 3.05) is 12.3 Å². The van der Waals surface area contributed by atoms with Crippen molar-refractivity contribution < 1.29 is 9.59 Å². The van der Waals surface area contributed by atoms with E-state index in [2.05, 4.69) is 23.5 Å². The number of carbonyl (C=O) groups is 2. The second kappa shape index (κ2) is 5.30. The molecule has 5 heteroatoms. The van der Waals surface area contributed by atoms with Gasteiger partial charge in [-0.2, -0.15) is 0 Å². The second-order valence-electron chi connectivity index (χ2n) is 6.30. The Kier molecular flexibility index (Phi) is 3.40. The van der Waals surface area contributed by atoms with Gasteiger partial charge in [0.2, 0.25) is 5.91 Å². The van der Waals surface area contributed by atoms with Crippen molar-refractivity contribution in [3.8, 4) is 0 Å². The summed E-state index contributed by atoms with van der Waals surface area (Å²) in [5.41, 5.74) is 2.59. The maximum atomic E-state index is 12.9. The quantitative estimate of drug-likeness (QED) is 0.910. The van der Waals surface area contributed by atoms with E-state index in [1.165, 1.54) is 11.1 Å². The van der Waals surface area contributed by atoms with Gasteiger partial charge in [-0.05, 0) is 36.8 Å². The molecule has 3 aliphatic rings. The van der Waals surface area contributed by atoms with Crippen LogP contribution in [0, 0.1) is 0 Å². The van der Waals surface area contributed by atoms with E-state index in [4.69, 9.17) is 0 Å². The maximum absolute atomic E-state index is 12.9. The monoisotopic (exact) mass is 316 g/mol. The Hall–Kier alpha value is -1.49. The minimum atomic E-state index is -0.635. The highest BCUT2D eigenvalue weighted by Crippen LogP contribution is 2.45. The van der Waals surface area contributed by atoms with Crippen LogP contribution >= 0.6 is 11.8 Å². The molecule has 0 radical (unpaired) electrons. The Morgan fingerprint density at radius 2 is 2.18 bits per heavy atom. The average molecular weight is 316 g/mol. The number of hydrogen-bond donors (Lipinski definition) is 1. The SMILES string of the molecule is O=C1CC[C@]2(C(=O)N[C@@H]3CCCc4ccccc43)SCCN12. The third-order valence-corrected chi connectivity index (χ3v) is 6.57. The van der Waals surface area contributed by atoms with Gasteiger partial charge < -0.3 is 10.2 Å². The molecule has 22 heavy (non-hydrogen) atoms. The zero-order chi connectivity index (χ0) is 15.2. The van der Waals surface area contributed by atoms with E-state index in [-0.39, 0.29) is 17.9 Å². The summed E-state index contributed by atoms with van der Waals surface area (Å²) in [5.74, 6) is 1.02. The molecule has 0 aromatic heterocycles. The summed E-state index contributed by atoms with van der Waals surface area (Å²) in [7, 11) is 0. The predicted molar refractivity (Wildman–Crippen MR) is 86.4 cm³/mol. The molecule has 2 heterocycles. The van der Waals surface area contributed by atoms with Crippen LogP contribution in [0.25, 0.3) is 0 Å². The molecule has 0 unspecified atom stereocenters. The minimum absolute atomic E-state index is 0.0301. The van der Waals surface area contributed by atoms with Crippen LogP contribution < -0.4 is 5.32 Å². The van der Waals surface area contributed by atoms with Crippen molar-refractivity contribution in [1.82, 2.24) is 10.2 Å². The number of fused-ring (bicyclic) bond motifs is 2. The molecule has 0 bridgehead atoms. The van der Waals surface area contributed by atoms with E-state index >= 15 is 0 Å². The first-order valence-electron chi connectivity index (χ1n) is 8.04. The molecule has 2 fully saturated rings. The molecule has 1 N–H and O–H groups in total. The second-order valence-corrected chi connectivity index (χ2v) is 7.67. The molecular formula is C17H20N2O2S. The lowest BCUT2D eigenvalue weighted by atomic mass is 9.87. The standard InChI is InChI=1S/C17H20N2O2S/c20-15-8-9-17(19(15)10-11-22-17)16(21)18-14-7-3-5-12-4-1-2-6-13(12)14/h1-2,4,6,14H,3,5,7-11H2,(H,18,21)/t14-,17-/m1/s1. The predicted octanol–water partition coefficient (Wildman–Crippen LogP) is 2.25. The van der Waals surface area contributed by atoms with Gasteiger partial charge in [0.25, 0.3) is 5.91 Å². The summed E-state index contributed by atoms with van der Waals surface area (Å²) in [6.07, 6.45) is 4.33. The lowest BCUT2D eigenvalue weighted by molar-refractivity contribution is -0.136. The minimum Gasteiger partial charge on any atom is -0.346 e. The Balaban J connectivity index is 1.57. The fourth-order valence-electron chi connectivity index (χ4n) is 3.99. The number of benzene rings is 1. The van der Waals surface area contributed by atoms with Gasteiger partial charge in [-0.1, -0.05) is 24.3 Å². The molecule has 1 aromatic rings. The Bertz CT molecular complexity index is 633. The van der Waals surface area contributed by atoms with Crippen LogP contribution in [0.1, 0.15) is 42.9 Å². The van der Waals surface area contributed by atoms with Gasteiger partial charge in [0.1, 0.15) is 0 Å². The summed E-state index contributed by atoms with van der Waals surface area (Å²) in [5, 5.41) is 3.25. The summed E-state index contributed by atoms with van der Waals surface area (Å²) in [4.78, 5) is 26.1. The molecule has 2 atom stereocenters. The van der Waals surface area contributed by atoms with E-state index in [9.17, 15) is 9.59 Å². The molecule has 1 aromatic carbocycles. The number of rotatable bonds is 2. The van der Waals surface area contributed by atoms with Crippen LogP contribution in [0.4, 0.5) is 0 Å². The van der Waals surface area contributed by atoms with Crippen molar-refractivity contribution in [3.63, 3.8) is 0 Å². The van der Waals surface area contributed by atoms with E-state index in [0.717, 1.165) is 25.0 Å². The van der Waals surface area contributed by atoms with Crippen molar-refractivity contribution in [2.24, 2.45) is 0 Å². The van der Waals surface area contributed by atoms with Crippen molar-refractivity contribution in [1.29, 1.82) is 0 Å². The molecule has 0 saturated carbocycles. The Labute approximate surface area is 134 Å². The van der Waals surface area contributed by atoms with Crippen LogP contribution in [-0.2, 0) is 16.0 Å². The van der Waals surface area contributed by atoms with Crippen LogP contribution in [0.3, 0.4) is 0 Å². The highest BCUT2D eigenvalue weighted by molar-refractivity contribution is 8.01. The number of nitrogens with one attached hydrogen (secondary N) is 1. The third kappa shape index (κ3) is 2.06. The number of nitrogens with zero attached hydrogens (tertiary/aromatic N) is 1. The number of thioether (sulfide) groups is 1. The molecule has 4 rings (SSSR count). The van der Waals surface area contributed by atoms with E-state index in [1.54, 1.807) is 16.7 Å². The normalized spacial score (nSPS) is 30.1. The molecule has 4 nitrogen and oxygen atoms in total. The molecule has 116 valence electrons. The van der Waals surface area contributed by atoms with Crippen LogP contribution in [0.5, 0.6) is 0 Å². The fraction of sp³-hybridized carbons (Fsp3) is 0.529. The average Bonchev–Trinajstić information content (AvgIpc) is 3.10. The van der Waals surface area contributed by atoms with Gasteiger partial charge in [-0.3, -0.25) is 9.59 Å². The van der Waals surface area contributed by atoms with E-state index in [1.807, 2.05) is 6.07 Å². The highest BCUT2D eigenvalue weighted by Gasteiger charge is 2.54. The number of hydrogen-bond acceptors (Lipinski definition) is 3. The molecular weight excluding hydrogens is 296 g/mol. The van der Waals surface area contributed by atoms with Crippen molar-refractivity contribution >= 4 is 23.6 Å². The van der Waals surface area contributed by atoms with Crippen molar-refractivity contribution in [3.05, 3.63) is 35.4 Å².